The Morgan fingerprint density at radius 2 is 1.96 bits per heavy atom. The van der Waals surface area contributed by atoms with E-state index in [2.05, 4.69) is 23.4 Å². The highest BCUT2D eigenvalue weighted by Gasteiger charge is 2.32. The third-order valence-corrected chi connectivity index (χ3v) is 5.56. The minimum absolute atomic E-state index is 0.121. The number of benzene rings is 1. The lowest BCUT2D eigenvalue weighted by molar-refractivity contribution is 0.0904. The van der Waals surface area contributed by atoms with E-state index < -0.39 is 5.54 Å². The molecule has 1 aliphatic carbocycles. The highest BCUT2D eigenvalue weighted by atomic mass is 32.1. The molecule has 25 heavy (non-hydrogen) atoms. The lowest BCUT2D eigenvalue weighted by atomic mass is 9.82. The lowest BCUT2D eigenvalue weighted by Crippen LogP contribution is -2.48. The predicted molar refractivity (Wildman–Crippen MR) is 102 cm³/mol. The Hall–Kier alpha value is -2.25. The van der Waals surface area contributed by atoms with Crippen LogP contribution in [-0.2, 0) is 6.42 Å². The Bertz CT molecular complexity index is 739. The molecule has 130 valence electrons. The van der Waals surface area contributed by atoms with Gasteiger partial charge in [0.05, 0.1) is 6.61 Å². The van der Waals surface area contributed by atoms with Crippen LogP contribution < -0.4 is 10.1 Å². The van der Waals surface area contributed by atoms with Gasteiger partial charge in [-0.1, -0.05) is 55.5 Å². The van der Waals surface area contributed by atoms with E-state index in [-0.39, 0.29) is 5.91 Å². The fourth-order valence-corrected chi connectivity index (χ4v) is 3.96. The number of hydrogen-bond acceptors (Lipinski definition) is 3. The summed E-state index contributed by atoms with van der Waals surface area (Å²) < 4.78 is 5.86. The molecule has 1 saturated carbocycles. The van der Waals surface area contributed by atoms with Gasteiger partial charge in [0.1, 0.15) is 16.2 Å². The smallest absolute Gasteiger partial charge is 0.266 e. The number of carbonyl (C=O) groups is 1. The van der Waals surface area contributed by atoms with E-state index in [9.17, 15) is 4.79 Å². The Balaban J connectivity index is 1.60. The number of nitrogens with one attached hydrogen (secondary N) is 1. The standard InChI is InChI=1S/C21H23NO2S/c1-2-21(13-7-4-8-14-21)22-20(23)19-18(12-16-25-19)24-15-11-17-9-5-3-6-10-17/h1,3,5-6,9-10,12,16H,4,7-8,11,13-15H2,(H,22,23). The first kappa shape index (κ1) is 17.6. The topological polar surface area (TPSA) is 38.3 Å². The fraction of sp³-hybridized carbons (Fsp3) is 0.381. The van der Waals surface area contributed by atoms with Gasteiger partial charge in [0, 0.05) is 6.42 Å². The van der Waals surface area contributed by atoms with Crippen molar-refractivity contribution >= 4 is 17.2 Å². The van der Waals surface area contributed by atoms with Crippen molar-refractivity contribution in [3.63, 3.8) is 0 Å². The zero-order chi connectivity index (χ0) is 17.5. The molecule has 0 atom stereocenters. The Morgan fingerprint density at radius 1 is 1.20 bits per heavy atom. The van der Waals surface area contributed by atoms with Crippen molar-refractivity contribution in [2.75, 3.05) is 6.61 Å². The molecule has 0 radical (unpaired) electrons. The van der Waals surface area contributed by atoms with Crippen LogP contribution in [0.5, 0.6) is 5.75 Å². The highest BCUT2D eigenvalue weighted by Crippen LogP contribution is 2.30. The Labute approximate surface area is 153 Å². The van der Waals surface area contributed by atoms with Gasteiger partial charge in [-0.25, -0.2) is 0 Å². The van der Waals surface area contributed by atoms with Gasteiger partial charge in [-0.3, -0.25) is 4.79 Å². The largest absolute Gasteiger partial charge is 0.492 e. The number of carbonyl (C=O) groups excluding carboxylic acids is 1. The maximum atomic E-state index is 12.7. The van der Waals surface area contributed by atoms with Crippen LogP contribution in [-0.4, -0.2) is 18.1 Å². The molecule has 1 aromatic heterocycles. The highest BCUT2D eigenvalue weighted by molar-refractivity contribution is 7.12. The van der Waals surface area contributed by atoms with Crippen LogP contribution in [0.15, 0.2) is 41.8 Å². The molecule has 1 heterocycles. The average molecular weight is 353 g/mol. The summed E-state index contributed by atoms with van der Waals surface area (Å²) in [5, 5.41) is 4.97. The van der Waals surface area contributed by atoms with E-state index >= 15 is 0 Å². The Kier molecular flexibility index (Phi) is 5.78. The lowest BCUT2D eigenvalue weighted by Gasteiger charge is -2.33. The SMILES string of the molecule is C#CC1(NC(=O)c2sccc2OCCc2ccccc2)CCCCC1. The molecule has 3 rings (SSSR count). The summed E-state index contributed by atoms with van der Waals surface area (Å²) in [6, 6.07) is 12.0. The molecule has 1 fully saturated rings. The number of ether oxygens (including phenoxy) is 1. The summed E-state index contributed by atoms with van der Waals surface area (Å²) in [5.41, 5.74) is 0.720. The summed E-state index contributed by atoms with van der Waals surface area (Å²) in [7, 11) is 0. The van der Waals surface area contributed by atoms with Crippen molar-refractivity contribution in [3.8, 4) is 18.1 Å². The third-order valence-electron chi connectivity index (χ3n) is 4.66. The minimum atomic E-state index is -0.499. The molecule has 2 aromatic rings. The van der Waals surface area contributed by atoms with Crippen molar-refractivity contribution < 1.29 is 9.53 Å². The van der Waals surface area contributed by atoms with E-state index in [1.807, 2.05) is 29.6 Å². The first-order valence-corrected chi connectivity index (χ1v) is 9.65. The van der Waals surface area contributed by atoms with E-state index in [4.69, 9.17) is 11.2 Å². The quantitative estimate of drug-likeness (QED) is 0.780. The maximum absolute atomic E-state index is 12.7. The molecular weight excluding hydrogens is 330 g/mol. The molecule has 1 aliphatic rings. The van der Waals surface area contributed by atoms with E-state index in [1.165, 1.54) is 23.3 Å². The molecule has 0 bridgehead atoms. The maximum Gasteiger partial charge on any atom is 0.266 e. The van der Waals surface area contributed by atoms with Gasteiger partial charge in [0.15, 0.2) is 0 Å². The number of hydrogen-bond donors (Lipinski definition) is 1. The summed E-state index contributed by atoms with van der Waals surface area (Å²) in [4.78, 5) is 13.3. The molecule has 1 N–H and O–H groups in total. The molecule has 0 aliphatic heterocycles. The van der Waals surface area contributed by atoms with Crippen LogP contribution in [0.4, 0.5) is 0 Å². The molecule has 3 nitrogen and oxygen atoms in total. The van der Waals surface area contributed by atoms with Gasteiger partial charge in [0.25, 0.3) is 5.91 Å². The average Bonchev–Trinajstić information content (AvgIpc) is 3.12. The molecule has 0 saturated heterocycles. The van der Waals surface area contributed by atoms with Crippen LogP contribution in [0.2, 0.25) is 0 Å². The van der Waals surface area contributed by atoms with Gasteiger partial charge in [-0.2, -0.15) is 0 Å². The van der Waals surface area contributed by atoms with Gasteiger partial charge >= 0.3 is 0 Å². The second-order valence-corrected chi connectivity index (χ2v) is 7.36. The van der Waals surface area contributed by atoms with Crippen molar-refractivity contribution in [1.82, 2.24) is 5.32 Å². The van der Waals surface area contributed by atoms with Crippen LogP contribution in [0.25, 0.3) is 0 Å². The van der Waals surface area contributed by atoms with Crippen molar-refractivity contribution in [2.45, 2.75) is 44.1 Å². The van der Waals surface area contributed by atoms with Crippen molar-refractivity contribution in [2.24, 2.45) is 0 Å². The van der Waals surface area contributed by atoms with Crippen LogP contribution in [0.3, 0.4) is 0 Å². The van der Waals surface area contributed by atoms with Crippen LogP contribution >= 0.6 is 11.3 Å². The normalized spacial score (nSPS) is 16.0. The summed E-state index contributed by atoms with van der Waals surface area (Å²) >= 11 is 1.40. The fourth-order valence-electron chi connectivity index (χ4n) is 3.24. The number of amides is 1. The van der Waals surface area contributed by atoms with Gasteiger partial charge in [-0.15, -0.1) is 17.8 Å². The van der Waals surface area contributed by atoms with E-state index in [0.29, 0.717) is 17.2 Å². The first-order valence-electron chi connectivity index (χ1n) is 8.77. The first-order chi connectivity index (χ1) is 12.2. The summed E-state index contributed by atoms with van der Waals surface area (Å²) in [6.07, 6.45) is 11.6. The van der Waals surface area contributed by atoms with Crippen LogP contribution in [0, 0.1) is 12.3 Å². The molecule has 1 amide bonds. The second-order valence-electron chi connectivity index (χ2n) is 6.44. The molecule has 0 unspecified atom stereocenters. The zero-order valence-corrected chi connectivity index (χ0v) is 15.1. The number of terminal acetylenes is 1. The van der Waals surface area contributed by atoms with E-state index in [0.717, 1.165) is 32.1 Å². The molecule has 1 aromatic carbocycles. The summed E-state index contributed by atoms with van der Waals surface area (Å²) in [6.45, 7) is 0.543. The predicted octanol–water partition coefficient (Wildman–Crippen LogP) is 4.44. The van der Waals surface area contributed by atoms with Crippen molar-refractivity contribution in [3.05, 3.63) is 52.2 Å². The van der Waals surface area contributed by atoms with Gasteiger partial charge in [0.2, 0.25) is 0 Å². The van der Waals surface area contributed by atoms with Gasteiger partial charge < -0.3 is 10.1 Å². The number of rotatable bonds is 6. The molecule has 0 spiro atoms. The van der Waals surface area contributed by atoms with Crippen LogP contribution in [0.1, 0.15) is 47.3 Å². The monoisotopic (exact) mass is 353 g/mol. The molecule has 4 heteroatoms. The van der Waals surface area contributed by atoms with E-state index in [1.54, 1.807) is 0 Å². The minimum Gasteiger partial charge on any atom is -0.492 e. The number of thiophene rings is 1. The third kappa shape index (κ3) is 4.43. The molecular formula is C21H23NO2S. The second kappa shape index (κ2) is 8.22. The van der Waals surface area contributed by atoms with Gasteiger partial charge in [-0.05, 0) is 29.9 Å². The van der Waals surface area contributed by atoms with Crippen molar-refractivity contribution in [1.29, 1.82) is 0 Å². The summed E-state index contributed by atoms with van der Waals surface area (Å²) in [5.74, 6) is 3.35. The zero-order valence-electron chi connectivity index (χ0n) is 14.3. The Morgan fingerprint density at radius 3 is 2.68 bits per heavy atom.